The highest BCUT2D eigenvalue weighted by Gasteiger charge is 2.13. The Hall–Kier alpha value is -2.37. The number of aromatic amines is 1. The van der Waals surface area contributed by atoms with Crippen LogP contribution in [0.3, 0.4) is 0 Å². The second kappa shape index (κ2) is 6.74. The molecule has 2 aromatic carbocycles. The Morgan fingerprint density at radius 2 is 1.92 bits per heavy atom. The quantitative estimate of drug-likeness (QED) is 0.386. The van der Waals surface area contributed by atoms with Gasteiger partial charge in [0.2, 0.25) is 0 Å². The maximum atomic E-state index is 12.5. The molecule has 4 rings (SSSR count). The molecule has 4 aromatic rings. The summed E-state index contributed by atoms with van der Waals surface area (Å²) >= 11 is 1.51. The normalized spacial score (nSPS) is 12.2. The molecule has 0 saturated heterocycles. The van der Waals surface area contributed by atoms with Gasteiger partial charge in [-0.05, 0) is 39.0 Å². The van der Waals surface area contributed by atoms with Gasteiger partial charge in [-0.2, -0.15) is 0 Å². The van der Waals surface area contributed by atoms with Crippen LogP contribution in [-0.4, -0.2) is 16.9 Å². The summed E-state index contributed by atoms with van der Waals surface area (Å²) in [6, 6.07) is 12.3. The number of hydrogen-bond donors (Lipinski definition) is 2. The smallest absolute Gasteiger partial charge is 0.266 e. The summed E-state index contributed by atoms with van der Waals surface area (Å²) in [4.78, 5) is 19.9. The Kier molecular flexibility index (Phi) is 4.78. The lowest BCUT2D eigenvalue weighted by atomic mass is 10.0. The maximum Gasteiger partial charge on any atom is 0.266 e. The number of amidine groups is 1. The van der Waals surface area contributed by atoms with Gasteiger partial charge in [-0.1, -0.05) is 23.8 Å². The lowest BCUT2D eigenvalue weighted by Crippen LogP contribution is -2.15. The molecule has 0 amide bonds. The van der Waals surface area contributed by atoms with E-state index in [0.29, 0.717) is 5.84 Å². The molecule has 0 unspecified atom stereocenters. The topological polar surface area (TPSA) is 71.2 Å². The molecule has 2 heterocycles. The zero-order valence-corrected chi connectivity index (χ0v) is 16.4. The lowest BCUT2D eigenvalue weighted by molar-refractivity contribution is 0.834. The number of nitrogens with two attached hydrogens (primary N) is 1. The molecule has 0 spiro atoms. The lowest BCUT2D eigenvalue weighted by Gasteiger charge is -2.04. The third kappa shape index (κ3) is 2.97. The van der Waals surface area contributed by atoms with Crippen LogP contribution in [0.15, 0.2) is 46.2 Å². The molecule has 134 valence electrons. The second-order valence-electron chi connectivity index (χ2n) is 6.63. The highest BCUT2D eigenvalue weighted by molar-refractivity contribution is 7.26. The minimum Gasteiger partial charge on any atom is -0.383 e. The van der Waals surface area contributed by atoms with Crippen LogP contribution in [0.5, 0.6) is 0 Å². The average Bonchev–Trinajstić information content (AvgIpc) is 2.94. The summed E-state index contributed by atoms with van der Waals surface area (Å²) in [5.74, 6) is 0.531. The third-order valence-corrected chi connectivity index (χ3v) is 5.43. The van der Waals surface area contributed by atoms with E-state index in [-0.39, 0.29) is 24.0 Å². The van der Waals surface area contributed by atoms with Gasteiger partial charge in [-0.15, -0.1) is 23.7 Å². The highest BCUT2D eigenvalue weighted by Crippen LogP contribution is 2.36. The van der Waals surface area contributed by atoms with Crippen molar-refractivity contribution in [2.24, 2.45) is 10.7 Å². The van der Waals surface area contributed by atoms with Crippen LogP contribution in [0.4, 0.5) is 0 Å². The number of pyridine rings is 1. The highest BCUT2D eigenvalue weighted by atomic mass is 35.5. The molecule has 0 bridgehead atoms. The molecule has 26 heavy (non-hydrogen) atoms. The van der Waals surface area contributed by atoms with Gasteiger partial charge >= 0.3 is 0 Å². The number of H-pyrrole nitrogens is 1. The number of nitrogens with zero attached hydrogens (tertiary/aromatic N) is 1. The van der Waals surface area contributed by atoms with E-state index >= 15 is 0 Å². The van der Waals surface area contributed by atoms with E-state index in [9.17, 15) is 4.79 Å². The van der Waals surface area contributed by atoms with Crippen molar-refractivity contribution in [3.8, 4) is 0 Å². The van der Waals surface area contributed by atoms with Gasteiger partial charge in [-0.3, -0.25) is 9.79 Å². The molecule has 0 aliphatic carbocycles. The summed E-state index contributed by atoms with van der Waals surface area (Å²) in [7, 11) is 0. The van der Waals surface area contributed by atoms with E-state index in [1.165, 1.54) is 16.9 Å². The summed E-state index contributed by atoms with van der Waals surface area (Å²) < 4.78 is 1.80. The van der Waals surface area contributed by atoms with Crippen molar-refractivity contribution in [1.82, 2.24) is 4.98 Å². The number of aromatic nitrogens is 1. The Morgan fingerprint density at radius 1 is 1.15 bits per heavy atom. The van der Waals surface area contributed by atoms with Crippen molar-refractivity contribution in [2.75, 3.05) is 0 Å². The van der Waals surface area contributed by atoms with Crippen molar-refractivity contribution in [3.05, 3.63) is 57.9 Å². The zero-order chi connectivity index (χ0) is 17.7. The first-order valence-electron chi connectivity index (χ1n) is 8.26. The Balaban J connectivity index is 0.00000196. The van der Waals surface area contributed by atoms with Gasteiger partial charge in [-0.25, -0.2) is 0 Å². The number of aryl methyl sites for hydroxylation is 1. The predicted molar refractivity (Wildman–Crippen MR) is 115 cm³/mol. The molecule has 0 saturated carbocycles. The van der Waals surface area contributed by atoms with Crippen LogP contribution in [-0.2, 0) is 0 Å². The molecule has 0 aliphatic heterocycles. The van der Waals surface area contributed by atoms with Gasteiger partial charge in [0, 0.05) is 38.0 Å². The van der Waals surface area contributed by atoms with Crippen molar-refractivity contribution in [3.63, 3.8) is 0 Å². The van der Waals surface area contributed by atoms with E-state index in [2.05, 4.69) is 23.0 Å². The molecule has 0 aliphatic rings. The zero-order valence-electron chi connectivity index (χ0n) is 14.8. The van der Waals surface area contributed by atoms with Crippen LogP contribution in [0.2, 0.25) is 0 Å². The van der Waals surface area contributed by atoms with Gasteiger partial charge in [0.25, 0.3) is 5.56 Å². The van der Waals surface area contributed by atoms with Crippen molar-refractivity contribution >= 4 is 60.7 Å². The number of nitrogens with one attached hydrogen (secondary N) is 1. The van der Waals surface area contributed by atoms with Gasteiger partial charge in [0.1, 0.15) is 10.5 Å². The molecule has 0 fully saturated rings. The minimum atomic E-state index is -0.0436. The van der Waals surface area contributed by atoms with Crippen molar-refractivity contribution < 1.29 is 0 Å². The monoisotopic (exact) mass is 385 g/mol. The van der Waals surface area contributed by atoms with Crippen molar-refractivity contribution in [1.29, 1.82) is 0 Å². The molecule has 6 heteroatoms. The van der Waals surface area contributed by atoms with Crippen LogP contribution in [0, 0.1) is 6.92 Å². The SMILES string of the molecule is Cc1ccc2[nH]c(=O)c3sc4cc(C(N)=NC(C)C)ccc4c3c2c1.Cl. The largest absolute Gasteiger partial charge is 0.383 e. The van der Waals surface area contributed by atoms with Crippen LogP contribution in [0.25, 0.3) is 31.1 Å². The van der Waals surface area contributed by atoms with E-state index < -0.39 is 0 Å². The number of benzene rings is 2. The summed E-state index contributed by atoms with van der Waals surface area (Å²) in [5, 5.41) is 3.19. The maximum absolute atomic E-state index is 12.5. The van der Waals surface area contributed by atoms with E-state index in [0.717, 1.165) is 36.6 Å². The minimum absolute atomic E-state index is 0. The first kappa shape index (κ1) is 18.4. The number of fused-ring (bicyclic) bond motifs is 5. The third-order valence-electron chi connectivity index (χ3n) is 4.28. The number of rotatable bonds is 2. The first-order valence-corrected chi connectivity index (χ1v) is 9.08. The molecule has 2 aromatic heterocycles. The molecular weight excluding hydrogens is 366 g/mol. The summed E-state index contributed by atoms with van der Waals surface area (Å²) in [6.07, 6.45) is 0. The number of halogens is 1. The molecular formula is C20H20ClN3OS. The molecule has 3 N–H and O–H groups in total. The fourth-order valence-corrected chi connectivity index (χ4v) is 4.34. The summed E-state index contributed by atoms with van der Waals surface area (Å²) in [6.45, 7) is 6.06. The van der Waals surface area contributed by atoms with Crippen LogP contribution >= 0.6 is 23.7 Å². The van der Waals surface area contributed by atoms with Gasteiger partial charge in [0.15, 0.2) is 0 Å². The molecule has 0 atom stereocenters. The van der Waals surface area contributed by atoms with Gasteiger partial charge < -0.3 is 10.7 Å². The predicted octanol–water partition coefficient (Wildman–Crippen LogP) is 4.74. The fraction of sp³-hybridized carbons (Fsp3) is 0.200. The first-order chi connectivity index (χ1) is 11.9. The van der Waals surface area contributed by atoms with Crippen LogP contribution in [0.1, 0.15) is 25.0 Å². The number of hydrogen-bond acceptors (Lipinski definition) is 3. The summed E-state index contributed by atoms with van der Waals surface area (Å²) in [5.41, 5.74) is 9.00. The standard InChI is InChI=1S/C20H19N3OS.ClH/c1-10(2)22-19(21)12-5-6-13-16(9-12)25-18-17(13)14-8-11(3)4-7-15(14)23-20(18)24;/h4-10H,1-3H3,(H2,21,22)(H,23,24);1H. The van der Waals surface area contributed by atoms with E-state index in [1.54, 1.807) is 0 Å². The van der Waals surface area contributed by atoms with E-state index in [1.807, 2.05) is 44.2 Å². The Bertz CT molecular complexity index is 1220. The number of aliphatic imine (C=N–C) groups is 1. The second-order valence-corrected chi connectivity index (χ2v) is 7.68. The fourth-order valence-electron chi connectivity index (χ4n) is 3.19. The average molecular weight is 386 g/mol. The number of thiophene rings is 1. The Morgan fingerprint density at radius 3 is 2.65 bits per heavy atom. The van der Waals surface area contributed by atoms with E-state index in [4.69, 9.17) is 5.73 Å². The van der Waals surface area contributed by atoms with Crippen LogP contribution < -0.4 is 11.3 Å². The molecule has 4 nitrogen and oxygen atoms in total. The molecule has 0 radical (unpaired) electrons. The van der Waals surface area contributed by atoms with Crippen molar-refractivity contribution in [2.45, 2.75) is 26.8 Å². The Labute approximate surface area is 161 Å². The van der Waals surface area contributed by atoms with Gasteiger partial charge in [0.05, 0.1) is 0 Å².